The number of hydrogen-bond acceptors (Lipinski definition) is 1. The highest BCUT2D eigenvalue weighted by molar-refractivity contribution is 5.94. The topological polar surface area (TPSA) is 3.24 Å². The van der Waals surface area contributed by atoms with Gasteiger partial charge in [0.1, 0.15) is 5.54 Å². The SMILES string of the molecule is CC1(C)c2ccccc2-c2ccc(N(c3ccccc3-c3ccc(-c4ccccc4)cc3)C3(c4ccccc4-c4ccccc4)CC=CC=C3c3ccccc3)cc21. The first-order valence-corrected chi connectivity index (χ1v) is 20.4. The summed E-state index contributed by atoms with van der Waals surface area (Å²) >= 11 is 0. The summed E-state index contributed by atoms with van der Waals surface area (Å²) in [5.41, 5.74) is 17.8. The second-order valence-electron chi connectivity index (χ2n) is 16.0. The predicted octanol–water partition coefficient (Wildman–Crippen LogP) is 15.1. The summed E-state index contributed by atoms with van der Waals surface area (Å²) < 4.78 is 0. The first-order valence-electron chi connectivity index (χ1n) is 20.4. The average molecular weight is 744 g/mol. The van der Waals surface area contributed by atoms with Gasteiger partial charge in [0.15, 0.2) is 0 Å². The summed E-state index contributed by atoms with van der Waals surface area (Å²) in [6.45, 7) is 4.76. The van der Waals surface area contributed by atoms with Crippen molar-refractivity contribution in [3.8, 4) is 44.5 Å². The van der Waals surface area contributed by atoms with E-state index >= 15 is 0 Å². The normalized spacial score (nSPS) is 16.3. The maximum atomic E-state index is 2.69. The van der Waals surface area contributed by atoms with Crippen LogP contribution >= 0.6 is 0 Å². The molecule has 10 rings (SSSR count). The van der Waals surface area contributed by atoms with Crippen LogP contribution in [0, 0.1) is 0 Å². The minimum absolute atomic E-state index is 0.167. The zero-order valence-electron chi connectivity index (χ0n) is 33.0. The number of allylic oxidation sites excluding steroid dienone is 2. The van der Waals surface area contributed by atoms with Gasteiger partial charge in [-0.2, -0.15) is 0 Å². The van der Waals surface area contributed by atoms with E-state index in [1.165, 1.54) is 72.3 Å². The molecule has 8 aromatic rings. The Morgan fingerprint density at radius 1 is 0.397 bits per heavy atom. The van der Waals surface area contributed by atoms with Crippen LogP contribution in [-0.4, -0.2) is 0 Å². The van der Waals surface area contributed by atoms with Gasteiger partial charge in [0.05, 0.1) is 5.69 Å². The molecule has 0 spiro atoms. The molecule has 1 nitrogen and oxygen atoms in total. The number of hydrogen-bond donors (Lipinski definition) is 0. The smallest absolute Gasteiger partial charge is 0.100 e. The molecule has 0 fully saturated rings. The van der Waals surface area contributed by atoms with Crippen molar-refractivity contribution < 1.29 is 0 Å². The molecule has 8 aromatic carbocycles. The lowest BCUT2D eigenvalue weighted by atomic mass is 9.70. The Hall–Kier alpha value is -6.96. The largest absolute Gasteiger partial charge is 0.326 e. The molecular formula is C57H45N. The van der Waals surface area contributed by atoms with Gasteiger partial charge >= 0.3 is 0 Å². The van der Waals surface area contributed by atoms with Crippen molar-refractivity contribution in [2.45, 2.75) is 31.2 Å². The highest BCUT2D eigenvalue weighted by Crippen LogP contribution is 2.57. The fourth-order valence-corrected chi connectivity index (χ4v) is 9.69. The molecule has 0 heterocycles. The lowest BCUT2D eigenvalue weighted by Gasteiger charge is -2.50. The minimum atomic E-state index is -0.660. The van der Waals surface area contributed by atoms with Gasteiger partial charge in [-0.05, 0) is 91.4 Å². The molecule has 1 unspecified atom stereocenters. The molecule has 0 aliphatic heterocycles. The van der Waals surface area contributed by atoms with E-state index in [4.69, 9.17) is 0 Å². The van der Waals surface area contributed by atoms with Crippen LogP contribution in [0.2, 0.25) is 0 Å². The van der Waals surface area contributed by atoms with Crippen molar-refractivity contribution in [1.29, 1.82) is 0 Å². The van der Waals surface area contributed by atoms with Gasteiger partial charge in [0.25, 0.3) is 0 Å². The van der Waals surface area contributed by atoms with Gasteiger partial charge in [-0.3, -0.25) is 0 Å². The van der Waals surface area contributed by atoms with Crippen LogP contribution < -0.4 is 4.90 Å². The van der Waals surface area contributed by atoms with Crippen LogP contribution in [0.1, 0.15) is 42.5 Å². The number of benzene rings is 8. The maximum absolute atomic E-state index is 2.69. The van der Waals surface area contributed by atoms with Crippen LogP contribution in [0.3, 0.4) is 0 Å². The fraction of sp³-hybridized carbons (Fsp3) is 0.0877. The number of rotatable bonds is 8. The van der Waals surface area contributed by atoms with Crippen molar-refractivity contribution in [1.82, 2.24) is 0 Å². The quantitative estimate of drug-likeness (QED) is 0.150. The van der Waals surface area contributed by atoms with Gasteiger partial charge in [-0.25, -0.2) is 0 Å². The summed E-state index contributed by atoms with van der Waals surface area (Å²) in [5.74, 6) is 0. The first-order chi connectivity index (χ1) is 28.5. The average Bonchev–Trinajstić information content (AvgIpc) is 3.53. The van der Waals surface area contributed by atoms with Crippen LogP contribution in [0.4, 0.5) is 11.4 Å². The number of para-hydroxylation sites is 1. The minimum Gasteiger partial charge on any atom is -0.326 e. The molecule has 2 aliphatic carbocycles. The molecule has 278 valence electrons. The Morgan fingerprint density at radius 2 is 0.897 bits per heavy atom. The van der Waals surface area contributed by atoms with Gasteiger partial charge < -0.3 is 4.90 Å². The molecule has 1 heteroatoms. The van der Waals surface area contributed by atoms with Crippen molar-refractivity contribution in [2.24, 2.45) is 0 Å². The van der Waals surface area contributed by atoms with Crippen LogP contribution in [-0.2, 0) is 11.0 Å². The fourth-order valence-electron chi connectivity index (χ4n) is 9.69. The van der Waals surface area contributed by atoms with Crippen molar-refractivity contribution in [3.05, 3.63) is 247 Å². The summed E-state index contributed by atoms with van der Waals surface area (Å²) in [7, 11) is 0. The molecule has 1 atom stereocenters. The Bertz CT molecular complexity index is 2810. The monoisotopic (exact) mass is 743 g/mol. The summed E-state index contributed by atoms with van der Waals surface area (Å²) in [4.78, 5) is 2.69. The molecule has 0 radical (unpaired) electrons. The molecule has 58 heavy (non-hydrogen) atoms. The highest BCUT2D eigenvalue weighted by atomic mass is 15.2. The third-order valence-corrected chi connectivity index (χ3v) is 12.5. The third kappa shape index (κ3) is 5.85. The van der Waals surface area contributed by atoms with E-state index < -0.39 is 5.54 Å². The number of anilines is 2. The Morgan fingerprint density at radius 3 is 1.60 bits per heavy atom. The second-order valence-corrected chi connectivity index (χ2v) is 16.0. The van der Waals surface area contributed by atoms with Gasteiger partial charge in [0, 0.05) is 16.7 Å². The molecule has 2 aliphatic rings. The lowest BCUT2D eigenvalue weighted by Crippen LogP contribution is -2.46. The molecule has 0 bridgehead atoms. The zero-order valence-corrected chi connectivity index (χ0v) is 33.0. The van der Waals surface area contributed by atoms with Crippen LogP contribution in [0.25, 0.3) is 50.1 Å². The molecule has 0 saturated carbocycles. The first kappa shape index (κ1) is 35.5. The molecule has 0 saturated heterocycles. The third-order valence-electron chi connectivity index (χ3n) is 12.5. The predicted molar refractivity (Wildman–Crippen MR) is 245 cm³/mol. The van der Waals surface area contributed by atoms with E-state index in [0.29, 0.717) is 0 Å². The Kier molecular flexibility index (Phi) is 8.88. The van der Waals surface area contributed by atoms with Crippen LogP contribution in [0.15, 0.2) is 224 Å². The van der Waals surface area contributed by atoms with E-state index in [1.807, 2.05) is 0 Å². The van der Waals surface area contributed by atoms with E-state index in [2.05, 4.69) is 243 Å². The summed E-state index contributed by atoms with van der Waals surface area (Å²) in [5, 5.41) is 0. The lowest BCUT2D eigenvalue weighted by molar-refractivity contribution is 0.567. The van der Waals surface area contributed by atoms with E-state index in [1.54, 1.807) is 0 Å². The summed E-state index contributed by atoms with van der Waals surface area (Å²) in [6, 6.07) is 76.0. The van der Waals surface area contributed by atoms with Gasteiger partial charge in [-0.15, -0.1) is 0 Å². The van der Waals surface area contributed by atoms with Crippen molar-refractivity contribution in [2.75, 3.05) is 4.90 Å². The van der Waals surface area contributed by atoms with Crippen molar-refractivity contribution >= 4 is 16.9 Å². The summed E-state index contributed by atoms with van der Waals surface area (Å²) in [6.07, 6.45) is 7.74. The van der Waals surface area contributed by atoms with Crippen molar-refractivity contribution in [3.63, 3.8) is 0 Å². The van der Waals surface area contributed by atoms with E-state index in [0.717, 1.165) is 17.8 Å². The molecule has 0 aromatic heterocycles. The number of fused-ring (bicyclic) bond motifs is 3. The Balaban J connectivity index is 1.28. The second kappa shape index (κ2) is 14.5. The molecular weight excluding hydrogens is 699 g/mol. The van der Waals surface area contributed by atoms with Crippen LogP contribution in [0.5, 0.6) is 0 Å². The standard InChI is InChI=1S/C57H45N/c1-56(2)52-30-15-13-28-49(52)50-38-37-46(40-54(50)56)58(55-32-17-14-27-48(55)44-35-33-42(34-36-44)41-20-6-3-7-21-41)57(39-19-18-29-51(57)45-24-10-5-11-25-45)53-31-16-12-26-47(53)43-22-8-4-9-23-43/h3-38,40H,39H2,1-2H3. The van der Waals surface area contributed by atoms with E-state index in [-0.39, 0.29) is 5.41 Å². The van der Waals surface area contributed by atoms with E-state index in [9.17, 15) is 0 Å². The molecule has 0 N–H and O–H groups in total. The van der Waals surface area contributed by atoms with Gasteiger partial charge in [0.2, 0.25) is 0 Å². The maximum Gasteiger partial charge on any atom is 0.100 e. The Labute approximate surface area is 342 Å². The van der Waals surface area contributed by atoms with Gasteiger partial charge in [-0.1, -0.05) is 220 Å². The highest BCUT2D eigenvalue weighted by Gasteiger charge is 2.47. The number of nitrogens with zero attached hydrogens (tertiary/aromatic N) is 1. The molecule has 0 amide bonds. The zero-order chi connectivity index (χ0) is 39.1.